The Morgan fingerprint density at radius 1 is 1.26 bits per heavy atom. The number of carbonyl (C=O) groups is 1. The molecule has 3 rings (SSSR count). The third-order valence-electron chi connectivity index (χ3n) is 4.32. The van der Waals surface area contributed by atoms with Crippen LogP contribution in [0.15, 0.2) is 47.9 Å². The maximum atomic E-state index is 13.5. The summed E-state index contributed by atoms with van der Waals surface area (Å²) in [6.45, 7) is -0.234. The Bertz CT molecular complexity index is 1020. The van der Waals surface area contributed by atoms with E-state index in [1.165, 1.54) is 18.5 Å². The number of nitrogens with zero attached hydrogens (tertiary/aromatic N) is 1. The van der Waals surface area contributed by atoms with Crippen LogP contribution >= 0.6 is 12.2 Å². The normalized spacial score (nSPS) is 13.8. The van der Waals surface area contributed by atoms with Crippen LogP contribution in [-0.2, 0) is 11.3 Å². The van der Waals surface area contributed by atoms with E-state index in [4.69, 9.17) is 17.0 Å². The van der Waals surface area contributed by atoms with Crippen LogP contribution in [0.5, 0.6) is 5.75 Å². The van der Waals surface area contributed by atoms with E-state index in [0.29, 0.717) is 24.2 Å². The van der Waals surface area contributed by atoms with E-state index in [1.807, 2.05) is 0 Å². The van der Waals surface area contributed by atoms with Crippen molar-refractivity contribution in [2.45, 2.75) is 19.4 Å². The predicted molar refractivity (Wildman–Crippen MR) is 110 cm³/mol. The Morgan fingerprint density at radius 2 is 2.06 bits per heavy atom. The smallest absolute Gasteiger partial charge is 0.272 e. The SMILES string of the molecule is O=C1NCCC(NCc2ccncc2OCC(F)F)=C1C(=S)Nc1ccc(F)c(F)c1. The highest BCUT2D eigenvalue weighted by atomic mass is 32.1. The van der Waals surface area contributed by atoms with Gasteiger partial charge in [-0.1, -0.05) is 12.2 Å². The van der Waals surface area contributed by atoms with E-state index >= 15 is 0 Å². The summed E-state index contributed by atoms with van der Waals surface area (Å²) in [6.07, 6.45) is 0.623. The fourth-order valence-corrected chi connectivity index (χ4v) is 3.21. The number of halogens is 4. The van der Waals surface area contributed by atoms with Crippen molar-refractivity contribution in [3.05, 3.63) is 65.1 Å². The second kappa shape index (κ2) is 10.2. The quantitative estimate of drug-likeness (QED) is 0.420. The van der Waals surface area contributed by atoms with Crippen LogP contribution in [0.3, 0.4) is 0 Å². The summed E-state index contributed by atoms with van der Waals surface area (Å²) in [5.74, 6) is -2.30. The van der Waals surface area contributed by atoms with E-state index in [1.54, 1.807) is 6.07 Å². The van der Waals surface area contributed by atoms with Crippen LogP contribution in [0.1, 0.15) is 12.0 Å². The van der Waals surface area contributed by atoms with Crippen molar-refractivity contribution >= 4 is 28.8 Å². The van der Waals surface area contributed by atoms with Gasteiger partial charge in [0.25, 0.3) is 12.3 Å². The first kappa shape index (κ1) is 22.5. The van der Waals surface area contributed by atoms with Crippen molar-refractivity contribution in [3.8, 4) is 5.75 Å². The molecule has 1 amide bonds. The standard InChI is InChI=1S/C20H18F4N4O2S/c21-13-2-1-12(7-14(13)22)28-20(31)18-15(4-6-26-19(18)29)27-8-11-3-5-25-9-16(11)30-10-17(23)24/h1-3,5,7,9,17,27H,4,6,8,10H2,(H,26,29)(H,28,31). The van der Waals surface area contributed by atoms with E-state index < -0.39 is 30.6 Å². The molecule has 0 bridgehead atoms. The predicted octanol–water partition coefficient (Wildman–Crippen LogP) is 3.31. The number of nitrogens with one attached hydrogen (secondary N) is 3. The Hall–Kier alpha value is -3.21. The summed E-state index contributed by atoms with van der Waals surface area (Å²) >= 11 is 5.31. The molecule has 164 valence electrons. The van der Waals surface area contributed by atoms with E-state index in [2.05, 4.69) is 20.9 Å². The van der Waals surface area contributed by atoms with E-state index in [-0.39, 0.29) is 28.5 Å². The minimum absolute atomic E-state index is 0.0228. The zero-order valence-corrected chi connectivity index (χ0v) is 16.9. The lowest BCUT2D eigenvalue weighted by Gasteiger charge is -2.23. The summed E-state index contributed by atoms with van der Waals surface area (Å²) < 4.78 is 56.6. The number of thiocarbonyl (C=S) groups is 1. The van der Waals surface area contributed by atoms with Crippen LogP contribution < -0.4 is 20.7 Å². The maximum Gasteiger partial charge on any atom is 0.272 e. The summed E-state index contributed by atoms with van der Waals surface area (Å²) in [5.41, 5.74) is 1.41. The number of ether oxygens (including phenoxy) is 1. The summed E-state index contributed by atoms with van der Waals surface area (Å²) in [5, 5.41) is 8.50. The molecule has 0 fully saturated rings. The minimum atomic E-state index is -2.63. The number of alkyl halides is 2. The third-order valence-corrected chi connectivity index (χ3v) is 4.63. The van der Waals surface area contributed by atoms with Gasteiger partial charge in [0.15, 0.2) is 11.6 Å². The molecule has 3 N–H and O–H groups in total. The van der Waals surface area contributed by atoms with Gasteiger partial charge in [-0.3, -0.25) is 9.78 Å². The lowest BCUT2D eigenvalue weighted by atomic mass is 10.1. The number of hydrogen-bond donors (Lipinski definition) is 3. The van der Waals surface area contributed by atoms with Gasteiger partial charge in [-0.15, -0.1) is 0 Å². The van der Waals surface area contributed by atoms with Gasteiger partial charge in [0.2, 0.25) is 0 Å². The largest absolute Gasteiger partial charge is 0.486 e. The van der Waals surface area contributed by atoms with Crippen molar-refractivity contribution in [1.82, 2.24) is 15.6 Å². The van der Waals surface area contributed by atoms with Crippen LogP contribution in [0.4, 0.5) is 23.2 Å². The molecular formula is C20H18F4N4O2S. The van der Waals surface area contributed by atoms with Crippen LogP contribution in [-0.4, -0.2) is 35.5 Å². The average molecular weight is 454 g/mol. The van der Waals surface area contributed by atoms with Gasteiger partial charge in [-0.2, -0.15) is 0 Å². The van der Waals surface area contributed by atoms with Gasteiger partial charge in [-0.05, 0) is 18.2 Å². The molecule has 0 unspecified atom stereocenters. The maximum absolute atomic E-state index is 13.5. The Labute approximate surface area is 180 Å². The van der Waals surface area contributed by atoms with Crippen LogP contribution in [0.2, 0.25) is 0 Å². The van der Waals surface area contributed by atoms with Crippen molar-refractivity contribution in [2.24, 2.45) is 0 Å². The topological polar surface area (TPSA) is 75.3 Å². The molecule has 0 radical (unpaired) electrons. The molecule has 0 spiro atoms. The first-order chi connectivity index (χ1) is 14.8. The Balaban J connectivity index is 1.77. The van der Waals surface area contributed by atoms with Gasteiger partial charge >= 0.3 is 0 Å². The first-order valence-electron chi connectivity index (χ1n) is 9.20. The first-order valence-corrected chi connectivity index (χ1v) is 9.61. The van der Waals surface area contributed by atoms with E-state index in [0.717, 1.165) is 12.1 Å². The molecule has 31 heavy (non-hydrogen) atoms. The molecule has 1 aromatic carbocycles. The van der Waals surface area contributed by atoms with Crippen LogP contribution in [0.25, 0.3) is 0 Å². The summed E-state index contributed by atoms with van der Waals surface area (Å²) in [7, 11) is 0. The van der Waals surface area contributed by atoms with Gasteiger partial charge in [0.05, 0.1) is 11.8 Å². The second-order valence-corrected chi connectivity index (χ2v) is 6.89. The van der Waals surface area contributed by atoms with Crippen LogP contribution in [0, 0.1) is 11.6 Å². The molecule has 1 aromatic heterocycles. The number of carbonyl (C=O) groups excluding carboxylic acids is 1. The van der Waals surface area contributed by atoms with Gasteiger partial charge in [0.1, 0.15) is 17.3 Å². The summed E-state index contributed by atoms with van der Waals surface area (Å²) in [6, 6.07) is 4.77. The van der Waals surface area contributed by atoms with Gasteiger partial charge in [-0.25, -0.2) is 17.6 Å². The van der Waals surface area contributed by atoms with Crippen molar-refractivity contribution in [3.63, 3.8) is 0 Å². The highest BCUT2D eigenvalue weighted by molar-refractivity contribution is 7.81. The number of hydrogen-bond acceptors (Lipinski definition) is 5. The minimum Gasteiger partial charge on any atom is -0.486 e. The fourth-order valence-electron chi connectivity index (χ4n) is 2.88. The molecule has 6 nitrogen and oxygen atoms in total. The molecule has 0 atom stereocenters. The Morgan fingerprint density at radius 3 is 2.81 bits per heavy atom. The summed E-state index contributed by atoms with van der Waals surface area (Å²) in [4.78, 5) is 16.3. The number of anilines is 1. The number of pyridine rings is 1. The van der Waals surface area contributed by atoms with Gasteiger partial charge < -0.3 is 20.7 Å². The molecule has 1 aliphatic heterocycles. The van der Waals surface area contributed by atoms with Crippen molar-refractivity contribution in [2.75, 3.05) is 18.5 Å². The van der Waals surface area contributed by atoms with Crippen molar-refractivity contribution < 1.29 is 27.1 Å². The molecule has 0 aliphatic carbocycles. The highest BCUT2D eigenvalue weighted by Crippen LogP contribution is 2.21. The number of aromatic nitrogens is 1. The lowest BCUT2D eigenvalue weighted by Crippen LogP contribution is -2.39. The van der Waals surface area contributed by atoms with E-state index in [9.17, 15) is 22.4 Å². The second-order valence-electron chi connectivity index (χ2n) is 6.48. The number of rotatable bonds is 8. The monoisotopic (exact) mass is 454 g/mol. The third kappa shape index (κ3) is 5.91. The average Bonchev–Trinajstić information content (AvgIpc) is 2.73. The zero-order chi connectivity index (χ0) is 22.4. The lowest BCUT2D eigenvalue weighted by molar-refractivity contribution is -0.117. The molecular weight excluding hydrogens is 436 g/mol. The number of benzene rings is 1. The fraction of sp³-hybridized carbons (Fsp3) is 0.250. The molecule has 0 saturated heterocycles. The molecule has 1 aliphatic rings. The molecule has 11 heteroatoms. The number of amides is 1. The zero-order valence-electron chi connectivity index (χ0n) is 16.1. The van der Waals surface area contributed by atoms with Crippen molar-refractivity contribution in [1.29, 1.82) is 0 Å². The molecule has 2 aromatic rings. The highest BCUT2D eigenvalue weighted by Gasteiger charge is 2.24. The molecule has 2 heterocycles. The van der Waals surface area contributed by atoms with Gasteiger partial charge in [0, 0.05) is 48.7 Å². The molecule has 0 saturated carbocycles. The Kier molecular flexibility index (Phi) is 7.40.